The zero-order chi connectivity index (χ0) is 6.83. The molecule has 0 saturated heterocycles. The lowest BCUT2D eigenvalue weighted by molar-refractivity contribution is 0.215. The van der Waals surface area contributed by atoms with Crippen molar-refractivity contribution >= 4 is 0 Å². The van der Waals surface area contributed by atoms with Gasteiger partial charge in [-0.2, -0.15) is 0 Å². The molecule has 0 radical (unpaired) electrons. The highest BCUT2D eigenvalue weighted by Gasteiger charge is 1.51. The first-order valence-corrected chi connectivity index (χ1v) is 2.89. The molecule has 1 nitrogen and oxygen atoms in total. The lowest BCUT2D eigenvalue weighted by Gasteiger charge is -1.76. The maximum Gasteiger partial charge on any atom is 0.0433 e. The summed E-state index contributed by atoms with van der Waals surface area (Å²) >= 11 is 0. The average Bonchev–Trinajstić information content (AvgIpc) is 1.88. The Morgan fingerprint density at radius 1 is 1.25 bits per heavy atom. The van der Waals surface area contributed by atoms with Gasteiger partial charge in [-0.05, 0) is 20.8 Å². The van der Waals surface area contributed by atoms with Gasteiger partial charge in [-0.1, -0.05) is 12.2 Å². The Kier molecular flexibility index (Phi) is 21.1. The molecule has 0 atom stereocenters. The minimum absolute atomic E-state index is 0.819. The number of hydrogen-bond donors (Lipinski definition) is 0. The van der Waals surface area contributed by atoms with Gasteiger partial charge in [-0.25, -0.2) is 0 Å². The monoisotopic (exact) mass is 116 g/mol. The zero-order valence-electron chi connectivity index (χ0n) is 6.27. The van der Waals surface area contributed by atoms with Gasteiger partial charge in [0.15, 0.2) is 0 Å². The van der Waals surface area contributed by atoms with Crippen molar-refractivity contribution in [2.45, 2.75) is 20.8 Å². The Morgan fingerprint density at radius 3 is 1.50 bits per heavy atom. The van der Waals surface area contributed by atoms with Crippen LogP contribution in [0.4, 0.5) is 0 Å². The third kappa shape index (κ3) is 43.6. The van der Waals surface area contributed by atoms with Gasteiger partial charge in [0.2, 0.25) is 0 Å². The van der Waals surface area contributed by atoms with Crippen LogP contribution in [-0.2, 0) is 4.74 Å². The Balaban J connectivity index is 0. The van der Waals surface area contributed by atoms with Gasteiger partial charge in [-0.3, -0.25) is 0 Å². The summed E-state index contributed by atoms with van der Waals surface area (Å²) in [5, 5.41) is 0. The van der Waals surface area contributed by atoms with Gasteiger partial charge in [0.05, 0.1) is 0 Å². The lowest BCUT2D eigenvalue weighted by atomic mass is 10.6. The van der Waals surface area contributed by atoms with E-state index >= 15 is 0 Å². The Morgan fingerprint density at radius 2 is 1.50 bits per heavy atom. The molecule has 0 heterocycles. The van der Waals surface area contributed by atoms with Crippen molar-refractivity contribution in [3.05, 3.63) is 12.2 Å². The number of ether oxygens (including phenoxy) is 1. The molecule has 1 heteroatoms. The summed E-state index contributed by atoms with van der Waals surface area (Å²) in [4.78, 5) is 0. The molecular weight excluding hydrogens is 100 g/mol. The molecular formula is C7H16O. The predicted molar refractivity (Wildman–Crippen MR) is 38.0 cm³/mol. The van der Waals surface area contributed by atoms with Crippen LogP contribution in [0.2, 0.25) is 0 Å². The molecule has 0 aliphatic rings. The normalized spacial score (nSPS) is 8.50. The third-order valence-electron chi connectivity index (χ3n) is 0.622. The molecule has 0 fully saturated rings. The van der Waals surface area contributed by atoms with Crippen molar-refractivity contribution in [3.8, 4) is 0 Å². The van der Waals surface area contributed by atoms with Crippen LogP contribution in [0.15, 0.2) is 12.2 Å². The molecule has 0 unspecified atom stereocenters. The van der Waals surface area contributed by atoms with Crippen molar-refractivity contribution in [2.24, 2.45) is 0 Å². The smallest absolute Gasteiger partial charge is 0.0433 e. The molecule has 0 saturated carbocycles. The van der Waals surface area contributed by atoms with Gasteiger partial charge in [0.1, 0.15) is 0 Å². The van der Waals surface area contributed by atoms with Crippen molar-refractivity contribution in [1.29, 1.82) is 0 Å². The summed E-state index contributed by atoms with van der Waals surface area (Å²) in [5.74, 6) is 0. The predicted octanol–water partition coefficient (Wildman–Crippen LogP) is 2.24. The van der Waals surface area contributed by atoms with Crippen LogP contribution in [0.1, 0.15) is 20.8 Å². The molecule has 8 heavy (non-hydrogen) atoms. The summed E-state index contributed by atoms with van der Waals surface area (Å²) < 4.78 is 4.54. The topological polar surface area (TPSA) is 9.23 Å². The maximum absolute atomic E-state index is 4.54. The van der Waals surface area contributed by atoms with E-state index < -0.39 is 0 Å². The number of rotatable bonds is 1. The largest absolute Gasteiger partial charge is 0.385 e. The van der Waals surface area contributed by atoms with Gasteiger partial charge < -0.3 is 4.74 Å². The van der Waals surface area contributed by atoms with Crippen LogP contribution in [0.25, 0.3) is 0 Å². The summed E-state index contributed by atoms with van der Waals surface area (Å²) in [5.41, 5.74) is 0. The fraction of sp³-hybridized carbons (Fsp3) is 0.714. The summed E-state index contributed by atoms with van der Waals surface area (Å²) in [7, 11) is 1.68. The van der Waals surface area contributed by atoms with Crippen LogP contribution in [0.5, 0.6) is 0 Å². The van der Waals surface area contributed by atoms with Crippen molar-refractivity contribution in [2.75, 3.05) is 13.7 Å². The van der Waals surface area contributed by atoms with E-state index in [4.69, 9.17) is 0 Å². The number of hydrogen-bond acceptors (Lipinski definition) is 1. The Bertz CT molecular complexity index is 33.7. The highest BCUT2D eigenvalue weighted by Crippen LogP contribution is 1.57. The van der Waals surface area contributed by atoms with Gasteiger partial charge in [0.25, 0.3) is 0 Å². The van der Waals surface area contributed by atoms with E-state index in [1.807, 2.05) is 32.9 Å². The molecule has 0 bridgehead atoms. The molecule has 0 aromatic rings. The van der Waals surface area contributed by atoms with Crippen LogP contribution < -0.4 is 0 Å². The van der Waals surface area contributed by atoms with Gasteiger partial charge in [-0.15, -0.1) is 0 Å². The molecule has 0 amide bonds. The lowest BCUT2D eigenvalue weighted by Crippen LogP contribution is -1.73. The summed E-state index contributed by atoms with van der Waals surface area (Å²) in [6, 6.07) is 0. The zero-order valence-corrected chi connectivity index (χ0v) is 6.27. The first-order valence-electron chi connectivity index (χ1n) is 2.89. The number of methoxy groups -OCH3 is 1. The molecule has 0 spiro atoms. The Hall–Kier alpha value is -0.300. The highest BCUT2D eigenvalue weighted by atomic mass is 16.5. The average molecular weight is 116 g/mol. The minimum atomic E-state index is 0.819. The van der Waals surface area contributed by atoms with E-state index in [-0.39, 0.29) is 0 Å². The van der Waals surface area contributed by atoms with E-state index in [1.165, 1.54) is 0 Å². The molecule has 50 valence electrons. The van der Waals surface area contributed by atoms with Crippen molar-refractivity contribution < 1.29 is 4.74 Å². The van der Waals surface area contributed by atoms with Crippen LogP contribution in [0.3, 0.4) is 0 Å². The molecule has 0 aliphatic carbocycles. The van der Waals surface area contributed by atoms with E-state index in [9.17, 15) is 0 Å². The maximum atomic E-state index is 4.54. The molecule has 0 N–H and O–H groups in total. The van der Waals surface area contributed by atoms with E-state index in [0.29, 0.717) is 0 Å². The van der Waals surface area contributed by atoms with Crippen LogP contribution >= 0.6 is 0 Å². The van der Waals surface area contributed by atoms with E-state index in [0.717, 1.165) is 6.61 Å². The molecule has 0 aliphatic heterocycles. The minimum Gasteiger partial charge on any atom is -0.385 e. The van der Waals surface area contributed by atoms with Crippen molar-refractivity contribution in [1.82, 2.24) is 0 Å². The first kappa shape index (κ1) is 10.6. The summed E-state index contributed by atoms with van der Waals surface area (Å²) in [6.45, 7) is 6.78. The van der Waals surface area contributed by atoms with Gasteiger partial charge in [0, 0.05) is 13.7 Å². The van der Waals surface area contributed by atoms with E-state index in [1.54, 1.807) is 7.11 Å². The number of allylic oxidation sites excluding steroid dienone is 2. The third-order valence-corrected chi connectivity index (χ3v) is 0.622. The van der Waals surface area contributed by atoms with Crippen LogP contribution in [-0.4, -0.2) is 13.7 Å². The summed E-state index contributed by atoms with van der Waals surface area (Å²) in [6.07, 6.45) is 4.00. The molecule has 0 aromatic heterocycles. The van der Waals surface area contributed by atoms with E-state index in [2.05, 4.69) is 4.74 Å². The first-order chi connectivity index (χ1) is 3.83. The quantitative estimate of drug-likeness (QED) is 0.477. The SMILES string of the molecule is C/C=C/C.CCOC. The highest BCUT2D eigenvalue weighted by molar-refractivity contribution is 4.68. The Labute approximate surface area is 52.4 Å². The fourth-order valence-electron chi connectivity index (χ4n) is 0. The standard InChI is InChI=1S/C4H8.C3H8O/c2*1-3-4-2/h3-4H,1-2H3;3H2,1-2H3/b4-3+;. The van der Waals surface area contributed by atoms with Gasteiger partial charge >= 0.3 is 0 Å². The molecule has 0 rings (SSSR count). The van der Waals surface area contributed by atoms with Crippen molar-refractivity contribution in [3.63, 3.8) is 0 Å². The molecule has 0 aromatic carbocycles. The second-order valence-corrected chi connectivity index (χ2v) is 1.24. The second-order valence-electron chi connectivity index (χ2n) is 1.24. The fourth-order valence-corrected chi connectivity index (χ4v) is 0. The second kappa shape index (κ2) is 15.9. The van der Waals surface area contributed by atoms with Crippen LogP contribution in [0, 0.1) is 0 Å².